The average molecular weight is 327 g/mol. The van der Waals surface area contributed by atoms with Crippen LogP contribution in [-0.4, -0.2) is 28.0 Å². The zero-order chi connectivity index (χ0) is 17.4. The maximum absolute atomic E-state index is 12.3. The molecule has 0 aliphatic carbocycles. The van der Waals surface area contributed by atoms with Gasteiger partial charge in [0, 0.05) is 27.8 Å². The standard InChI is InChI=1S/C19H22FN3O/c1-11-10-16(24-9-8-20)6-7-17(11)23-14(4)18-12(2)21-22-13(3)19(18)15(23)5/h6-7,10H,8-9H2,1-5H3. The molecule has 0 amide bonds. The maximum Gasteiger partial charge on any atom is 0.123 e. The van der Waals surface area contributed by atoms with E-state index in [0.29, 0.717) is 5.75 Å². The van der Waals surface area contributed by atoms with Crippen molar-refractivity contribution in [3.63, 3.8) is 0 Å². The van der Waals surface area contributed by atoms with E-state index < -0.39 is 6.67 Å². The summed E-state index contributed by atoms with van der Waals surface area (Å²) in [4.78, 5) is 0. The van der Waals surface area contributed by atoms with Gasteiger partial charge in [0.25, 0.3) is 0 Å². The van der Waals surface area contributed by atoms with Crippen molar-refractivity contribution in [2.75, 3.05) is 13.3 Å². The molecule has 0 aliphatic heterocycles. The summed E-state index contributed by atoms with van der Waals surface area (Å²) in [6.07, 6.45) is 0. The van der Waals surface area contributed by atoms with Gasteiger partial charge in [0.05, 0.1) is 11.4 Å². The number of aryl methyl sites for hydroxylation is 5. The van der Waals surface area contributed by atoms with Crippen molar-refractivity contribution in [2.24, 2.45) is 0 Å². The second-order valence-corrected chi connectivity index (χ2v) is 6.11. The second-order valence-electron chi connectivity index (χ2n) is 6.11. The number of ether oxygens (including phenoxy) is 1. The smallest absolute Gasteiger partial charge is 0.123 e. The molecule has 1 aromatic carbocycles. The lowest BCUT2D eigenvalue weighted by atomic mass is 10.1. The van der Waals surface area contributed by atoms with Gasteiger partial charge >= 0.3 is 0 Å². The quantitative estimate of drug-likeness (QED) is 0.717. The molecule has 0 saturated carbocycles. The number of benzene rings is 1. The molecule has 5 heteroatoms. The number of aromatic nitrogens is 3. The highest BCUT2D eigenvalue weighted by Gasteiger charge is 2.18. The Morgan fingerprint density at radius 1 is 0.958 bits per heavy atom. The number of rotatable bonds is 4. The van der Waals surface area contributed by atoms with Crippen LogP contribution in [0.25, 0.3) is 16.5 Å². The molecule has 2 aromatic heterocycles. The predicted octanol–water partition coefficient (Wildman–Crippen LogP) is 4.31. The molecule has 3 rings (SSSR count). The Hall–Kier alpha value is -2.43. The molecule has 24 heavy (non-hydrogen) atoms. The lowest BCUT2D eigenvalue weighted by Crippen LogP contribution is -2.03. The minimum absolute atomic E-state index is 0.0833. The number of alkyl halides is 1. The van der Waals surface area contributed by atoms with Crippen molar-refractivity contribution < 1.29 is 9.13 Å². The van der Waals surface area contributed by atoms with Gasteiger partial charge in [-0.2, -0.15) is 10.2 Å². The summed E-state index contributed by atoms with van der Waals surface area (Å²) in [6, 6.07) is 5.86. The number of hydrogen-bond acceptors (Lipinski definition) is 3. The molecule has 0 spiro atoms. The third-order valence-corrected chi connectivity index (χ3v) is 4.47. The van der Waals surface area contributed by atoms with Crippen LogP contribution >= 0.6 is 0 Å². The Morgan fingerprint density at radius 3 is 2.04 bits per heavy atom. The highest BCUT2D eigenvalue weighted by molar-refractivity contribution is 5.92. The molecule has 0 saturated heterocycles. The molecule has 0 fully saturated rings. The first-order chi connectivity index (χ1) is 11.5. The lowest BCUT2D eigenvalue weighted by Gasteiger charge is -2.14. The van der Waals surface area contributed by atoms with E-state index >= 15 is 0 Å². The van der Waals surface area contributed by atoms with Gasteiger partial charge in [-0.25, -0.2) is 4.39 Å². The summed E-state index contributed by atoms with van der Waals surface area (Å²) in [6.45, 7) is 9.84. The SMILES string of the molecule is Cc1cc(OCCF)ccc1-n1c(C)c2c(C)nnc(C)c2c1C. The molecular weight excluding hydrogens is 305 g/mol. The van der Waals surface area contributed by atoms with Crippen molar-refractivity contribution in [3.8, 4) is 11.4 Å². The Balaban J connectivity index is 2.20. The van der Waals surface area contributed by atoms with Crippen LogP contribution in [0.4, 0.5) is 4.39 Å². The maximum atomic E-state index is 12.3. The summed E-state index contributed by atoms with van der Waals surface area (Å²) in [7, 11) is 0. The highest BCUT2D eigenvalue weighted by atomic mass is 19.1. The fourth-order valence-electron chi connectivity index (χ4n) is 3.46. The summed E-state index contributed by atoms with van der Waals surface area (Å²) in [5.41, 5.74) is 6.35. The molecule has 0 radical (unpaired) electrons. The first-order valence-electron chi connectivity index (χ1n) is 8.07. The predicted molar refractivity (Wildman–Crippen MR) is 94.0 cm³/mol. The van der Waals surface area contributed by atoms with E-state index in [0.717, 1.165) is 44.8 Å². The number of nitrogens with zero attached hydrogens (tertiary/aromatic N) is 3. The van der Waals surface area contributed by atoms with Crippen molar-refractivity contribution in [2.45, 2.75) is 34.6 Å². The zero-order valence-electron chi connectivity index (χ0n) is 14.8. The minimum atomic E-state index is -0.486. The molecule has 126 valence electrons. The van der Waals surface area contributed by atoms with E-state index in [4.69, 9.17) is 4.74 Å². The van der Waals surface area contributed by atoms with Crippen LogP contribution in [0.5, 0.6) is 5.75 Å². The van der Waals surface area contributed by atoms with Gasteiger partial charge in [-0.05, 0) is 58.4 Å². The Morgan fingerprint density at radius 2 is 1.54 bits per heavy atom. The zero-order valence-corrected chi connectivity index (χ0v) is 14.8. The molecule has 0 unspecified atom stereocenters. The van der Waals surface area contributed by atoms with Crippen molar-refractivity contribution >= 4 is 10.8 Å². The normalized spacial score (nSPS) is 11.2. The van der Waals surface area contributed by atoms with Crippen LogP contribution in [0, 0.1) is 34.6 Å². The van der Waals surface area contributed by atoms with Crippen LogP contribution in [0.15, 0.2) is 18.2 Å². The molecule has 0 N–H and O–H groups in total. The van der Waals surface area contributed by atoms with Crippen LogP contribution < -0.4 is 4.74 Å². The van der Waals surface area contributed by atoms with Crippen LogP contribution in [0.1, 0.15) is 28.3 Å². The summed E-state index contributed by atoms with van der Waals surface area (Å²) >= 11 is 0. The van der Waals surface area contributed by atoms with Crippen LogP contribution in [0.2, 0.25) is 0 Å². The number of fused-ring (bicyclic) bond motifs is 1. The van der Waals surface area contributed by atoms with Gasteiger partial charge in [0.1, 0.15) is 19.0 Å². The second kappa shape index (κ2) is 6.23. The van der Waals surface area contributed by atoms with E-state index in [1.54, 1.807) is 0 Å². The summed E-state index contributed by atoms with van der Waals surface area (Å²) in [5, 5.41) is 10.9. The number of hydrogen-bond donors (Lipinski definition) is 0. The Kier molecular flexibility index (Phi) is 4.26. The summed E-state index contributed by atoms with van der Waals surface area (Å²) in [5.74, 6) is 0.691. The van der Waals surface area contributed by atoms with Crippen molar-refractivity contribution in [1.29, 1.82) is 0 Å². The fourth-order valence-corrected chi connectivity index (χ4v) is 3.46. The van der Waals surface area contributed by atoms with E-state index in [2.05, 4.69) is 28.6 Å². The van der Waals surface area contributed by atoms with Crippen molar-refractivity contribution in [3.05, 3.63) is 46.5 Å². The molecule has 2 heterocycles. The number of halogens is 1. The first kappa shape index (κ1) is 16.4. The first-order valence-corrected chi connectivity index (χ1v) is 8.07. The van der Waals surface area contributed by atoms with Gasteiger partial charge in [-0.1, -0.05) is 0 Å². The molecular formula is C19H22FN3O. The van der Waals surface area contributed by atoms with E-state index in [9.17, 15) is 4.39 Å². The summed E-state index contributed by atoms with van der Waals surface area (Å²) < 4.78 is 19.9. The minimum Gasteiger partial charge on any atom is -0.491 e. The average Bonchev–Trinajstić information content (AvgIpc) is 2.82. The third kappa shape index (κ3) is 2.54. The monoisotopic (exact) mass is 327 g/mol. The molecule has 0 aliphatic rings. The van der Waals surface area contributed by atoms with Crippen LogP contribution in [-0.2, 0) is 0 Å². The molecule has 3 aromatic rings. The van der Waals surface area contributed by atoms with Gasteiger partial charge in [-0.15, -0.1) is 0 Å². The highest BCUT2D eigenvalue weighted by Crippen LogP contribution is 2.33. The Bertz CT molecular complexity index is 870. The van der Waals surface area contributed by atoms with Crippen LogP contribution in [0.3, 0.4) is 0 Å². The van der Waals surface area contributed by atoms with Gasteiger partial charge in [0.2, 0.25) is 0 Å². The van der Waals surface area contributed by atoms with Gasteiger partial charge in [-0.3, -0.25) is 0 Å². The molecule has 0 bridgehead atoms. The van der Waals surface area contributed by atoms with E-state index in [1.807, 2.05) is 39.0 Å². The fraction of sp³-hybridized carbons (Fsp3) is 0.368. The van der Waals surface area contributed by atoms with E-state index in [1.165, 1.54) is 0 Å². The van der Waals surface area contributed by atoms with Gasteiger partial charge in [0.15, 0.2) is 0 Å². The van der Waals surface area contributed by atoms with E-state index in [-0.39, 0.29) is 6.61 Å². The Labute approximate surface area is 141 Å². The van der Waals surface area contributed by atoms with Gasteiger partial charge < -0.3 is 9.30 Å². The largest absolute Gasteiger partial charge is 0.491 e. The third-order valence-electron chi connectivity index (χ3n) is 4.47. The molecule has 0 atom stereocenters. The molecule has 4 nitrogen and oxygen atoms in total. The lowest BCUT2D eigenvalue weighted by molar-refractivity contribution is 0.273. The van der Waals surface area contributed by atoms with Crippen molar-refractivity contribution in [1.82, 2.24) is 14.8 Å². The topological polar surface area (TPSA) is 39.9 Å².